The van der Waals surface area contributed by atoms with Crippen LogP contribution in [0.4, 0.5) is 11.5 Å². The van der Waals surface area contributed by atoms with Gasteiger partial charge in [0.15, 0.2) is 0 Å². The Bertz CT molecular complexity index is 730. The van der Waals surface area contributed by atoms with Crippen LogP contribution in [0.25, 0.3) is 0 Å². The zero-order valence-corrected chi connectivity index (χ0v) is 14.6. The van der Waals surface area contributed by atoms with Crippen molar-refractivity contribution >= 4 is 11.5 Å². The van der Waals surface area contributed by atoms with Crippen LogP contribution in [0, 0.1) is 17.0 Å². The van der Waals surface area contributed by atoms with Crippen LogP contribution in [0.1, 0.15) is 36.9 Å². The van der Waals surface area contributed by atoms with Gasteiger partial charge in [-0.05, 0) is 49.9 Å². The highest BCUT2D eigenvalue weighted by molar-refractivity contribution is 5.48. The lowest BCUT2D eigenvalue weighted by Gasteiger charge is -2.36. The molecule has 0 saturated carbocycles. The van der Waals surface area contributed by atoms with E-state index in [0.717, 1.165) is 37.3 Å². The van der Waals surface area contributed by atoms with Gasteiger partial charge in [0.25, 0.3) is 5.69 Å². The molecule has 1 aliphatic heterocycles. The number of nitro groups is 1. The molecule has 0 radical (unpaired) electrons. The smallest absolute Gasteiger partial charge is 0.287 e. The average Bonchev–Trinajstić information content (AvgIpc) is 2.64. The van der Waals surface area contributed by atoms with Crippen molar-refractivity contribution in [1.82, 2.24) is 14.9 Å². The third-order valence-corrected chi connectivity index (χ3v) is 4.88. The van der Waals surface area contributed by atoms with Crippen LogP contribution >= 0.6 is 0 Å². The number of aryl methyl sites for hydroxylation is 1. The number of piperidine rings is 1. The van der Waals surface area contributed by atoms with Crippen molar-refractivity contribution in [3.05, 3.63) is 58.0 Å². The van der Waals surface area contributed by atoms with Crippen molar-refractivity contribution in [2.45, 2.75) is 38.8 Å². The second-order valence-corrected chi connectivity index (χ2v) is 6.53. The van der Waals surface area contributed by atoms with Crippen LogP contribution in [0.15, 0.2) is 36.8 Å². The fourth-order valence-corrected chi connectivity index (χ4v) is 3.29. The van der Waals surface area contributed by atoms with E-state index in [9.17, 15) is 10.1 Å². The van der Waals surface area contributed by atoms with Crippen LogP contribution < -0.4 is 5.32 Å². The van der Waals surface area contributed by atoms with Gasteiger partial charge in [0.05, 0.1) is 4.92 Å². The van der Waals surface area contributed by atoms with Crippen molar-refractivity contribution in [2.24, 2.45) is 0 Å². The van der Waals surface area contributed by atoms with Gasteiger partial charge < -0.3 is 5.32 Å². The van der Waals surface area contributed by atoms with Crippen molar-refractivity contribution in [1.29, 1.82) is 0 Å². The van der Waals surface area contributed by atoms with E-state index in [1.807, 2.05) is 19.3 Å². The maximum absolute atomic E-state index is 10.8. The summed E-state index contributed by atoms with van der Waals surface area (Å²) in [5, 5.41) is 14.3. The standard InChI is InChI=1S/C18H23N5O2/c1-13-11-17(23(24)25)12-20-18(13)21-16-5-9-22(10-6-16)14(2)15-3-7-19-8-4-15/h3-4,7-8,11-12,14,16H,5-6,9-10H2,1-2H3,(H,20,21)/t14-/m1/s1. The second-order valence-electron chi connectivity index (χ2n) is 6.53. The average molecular weight is 341 g/mol. The van der Waals surface area contributed by atoms with E-state index in [2.05, 4.69) is 39.2 Å². The van der Waals surface area contributed by atoms with Gasteiger partial charge in [0.2, 0.25) is 0 Å². The Morgan fingerprint density at radius 3 is 2.60 bits per heavy atom. The van der Waals surface area contributed by atoms with Crippen LogP contribution in [0.2, 0.25) is 0 Å². The molecule has 1 aliphatic rings. The summed E-state index contributed by atoms with van der Waals surface area (Å²) in [5.41, 5.74) is 2.13. The summed E-state index contributed by atoms with van der Waals surface area (Å²) < 4.78 is 0. The van der Waals surface area contributed by atoms with E-state index in [0.29, 0.717) is 12.1 Å². The van der Waals surface area contributed by atoms with Crippen molar-refractivity contribution in [3.63, 3.8) is 0 Å². The predicted octanol–water partition coefficient (Wildman–Crippen LogP) is 3.33. The molecular formula is C18H23N5O2. The van der Waals surface area contributed by atoms with Crippen molar-refractivity contribution in [2.75, 3.05) is 18.4 Å². The molecule has 0 unspecified atom stereocenters. The first-order valence-corrected chi connectivity index (χ1v) is 8.56. The highest BCUT2D eigenvalue weighted by Crippen LogP contribution is 2.26. The topological polar surface area (TPSA) is 84.2 Å². The van der Waals surface area contributed by atoms with E-state index in [-0.39, 0.29) is 5.69 Å². The fraction of sp³-hybridized carbons (Fsp3) is 0.444. The molecule has 2 aromatic heterocycles. The molecule has 1 fully saturated rings. The number of hydrogen-bond acceptors (Lipinski definition) is 6. The molecular weight excluding hydrogens is 318 g/mol. The first kappa shape index (κ1) is 17.3. The van der Waals surface area contributed by atoms with E-state index < -0.39 is 4.92 Å². The van der Waals surface area contributed by atoms with E-state index >= 15 is 0 Å². The number of nitrogens with zero attached hydrogens (tertiary/aromatic N) is 4. The van der Waals surface area contributed by atoms with Gasteiger partial charge in [0, 0.05) is 43.6 Å². The predicted molar refractivity (Wildman–Crippen MR) is 96.5 cm³/mol. The summed E-state index contributed by atoms with van der Waals surface area (Å²) in [6.45, 7) is 6.09. The molecule has 25 heavy (non-hydrogen) atoms. The molecule has 1 atom stereocenters. The molecule has 3 heterocycles. The summed E-state index contributed by atoms with van der Waals surface area (Å²) in [4.78, 5) is 21.2. The van der Waals surface area contributed by atoms with Gasteiger partial charge in [0.1, 0.15) is 12.0 Å². The zero-order chi connectivity index (χ0) is 17.8. The molecule has 7 nitrogen and oxygen atoms in total. The normalized spacial score (nSPS) is 17.2. The summed E-state index contributed by atoms with van der Waals surface area (Å²) in [5.74, 6) is 0.742. The SMILES string of the molecule is Cc1cc([N+](=O)[O-])cnc1NC1CCN([C@H](C)c2ccncc2)CC1. The van der Waals surface area contributed by atoms with Gasteiger partial charge in [-0.15, -0.1) is 0 Å². The highest BCUT2D eigenvalue weighted by Gasteiger charge is 2.24. The van der Waals surface area contributed by atoms with Gasteiger partial charge >= 0.3 is 0 Å². The van der Waals surface area contributed by atoms with Crippen molar-refractivity contribution < 1.29 is 4.92 Å². The summed E-state index contributed by atoms with van der Waals surface area (Å²) in [7, 11) is 0. The van der Waals surface area contributed by atoms with E-state index in [4.69, 9.17) is 0 Å². The highest BCUT2D eigenvalue weighted by atomic mass is 16.6. The largest absolute Gasteiger partial charge is 0.367 e. The lowest BCUT2D eigenvalue weighted by Crippen LogP contribution is -2.40. The molecule has 0 aromatic carbocycles. The number of hydrogen-bond donors (Lipinski definition) is 1. The molecule has 3 rings (SSSR count). The van der Waals surface area contributed by atoms with E-state index in [1.54, 1.807) is 6.07 Å². The van der Waals surface area contributed by atoms with Crippen LogP contribution in [0.5, 0.6) is 0 Å². The lowest BCUT2D eigenvalue weighted by atomic mass is 10.0. The van der Waals surface area contributed by atoms with E-state index in [1.165, 1.54) is 11.8 Å². The molecule has 0 bridgehead atoms. The molecule has 0 spiro atoms. The number of rotatable bonds is 5. The molecule has 132 valence electrons. The monoisotopic (exact) mass is 341 g/mol. The van der Waals surface area contributed by atoms with Crippen molar-refractivity contribution in [3.8, 4) is 0 Å². The van der Waals surface area contributed by atoms with Gasteiger partial charge in [-0.3, -0.25) is 20.0 Å². The third kappa shape index (κ3) is 4.11. The Morgan fingerprint density at radius 1 is 1.32 bits per heavy atom. The number of nitrogens with one attached hydrogen (secondary N) is 1. The Kier molecular flexibility index (Phi) is 5.23. The molecule has 0 amide bonds. The Morgan fingerprint density at radius 2 is 2.00 bits per heavy atom. The molecule has 0 aliphatic carbocycles. The Labute approximate surface area is 147 Å². The Hall–Kier alpha value is -2.54. The number of likely N-dealkylation sites (tertiary alicyclic amines) is 1. The zero-order valence-electron chi connectivity index (χ0n) is 14.6. The lowest BCUT2D eigenvalue weighted by molar-refractivity contribution is -0.385. The minimum Gasteiger partial charge on any atom is -0.367 e. The van der Waals surface area contributed by atoms with Gasteiger partial charge in [-0.25, -0.2) is 4.98 Å². The molecule has 7 heteroatoms. The van der Waals surface area contributed by atoms with Crippen LogP contribution in [0.3, 0.4) is 0 Å². The minimum absolute atomic E-state index is 0.0315. The minimum atomic E-state index is -0.414. The molecule has 2 aromatic rings. The maximum Gasteiger partial charge on any atom is 0.287 e. The summed E-state index contributed by atoms with van der Waals surface area (Å²) in [6.07, 6.45) is 7.03. The first-order chi connectivity index (χ1) is 12.0. The number of aromatic nitrogens is 2. The Balaban J connectivity index is 1.57. The molecule has 1 saturated heterocycles. The van der Waals surface area contributed by atoms with Crippen LogP contribution in [-0.2, 0) is 0 Å². The first-order valence-electron chi connectivity index (χ1n) is 8.56. The maximum atomic E-state index is 10.8. The van der Waals surface area contributed by atoms with Crippen LogP contribution in [-0.4, -0.2) is 38.9 Å². The summed E-state index contributed by atoms with van der Waals surface area (Å²) in [6, 6.07) is 6.42. The number of pyridine rings is 2. The fourth-order valence-electron chi connectivity index (χ4n) is 3.29. The van der Waals surface area contributed by atoms with Gasteiger partial charge in [-0.1, -0.05) is 0 Å². The second kappa shape index (κ2) is 7.57. The summed E-state index contributed by atoms with van der Waals surface area (Å²) >= 11 is 0. The quantitative estimate of drug-likeness (QED) is 0.663. The van der Waals surface area contributed by atoms with Gasteiger partial charge in [-0.2, -0.15) is 0 Å². The molecule has 1 N–H and O–H groups in total. The number of anilines is 1. The third-order valence-electron chi connectivity index (χ3n) is 4.88.